The number of hydrogen-bond donors (Lipinski definition) is 2. The van der Waals surface area contributed by atoms with Crippen LogP contribution in [0.15, 0.2) is 0 Å². The van der Waals surface area contributed by atoms with Gasteiger partial charge in [0.2, 0.25) is 0 Å². The van der Waals surface area contributed by atoms with Crippen LogP contribution in [0.4, 0.5) is 0 Å². The maximum atomic E-state index is 10.9. The van der Waals surface area contributed by atoms with Crippen LogP contribution < -0.4 is 5.32 Å². The Morgan fingerprint density at radius 2 is 1.82 bits per heavy atom. The number of carbonyl (C=O) groups is 1. The number of aliphatic hydroxyl groups is 1. The van der Waals surface area contributed by atoms with Gasteiger partial charge in [-0.1, -0.05) is 13.8 Å². The third kappa shape index (κ3) is 4.11. The summed E-state index contributed by atoms with van der Waals surface area (Å²) in [6.45, 7) is 6.98. The van der Waals surface area contributed by atoms with Crippen LogP contribution >= 0.6 is 0 Å². The molecule has 0 aromatic rings. The molecule has 0 bridgehead atoms. The predicted molar refractivity (Wildman–Crippen MR) is 44.4 cm³/mol. The summed E-state index contributed by atoms with van der Waals surface area (Å²) in [5.41, 5.74) is 0. The van der Waals surface area contributed by atoms with Crippen LogP contribution in [-0.4, -0.2) is 29.1 Å². The molecule has 0 heterocycles. The molecular weight excluding hydrogens is 142 g/mol. The van der Waals surface area contributed by atoms with E-state index >= 15 is 0 Å². The second kappa shape index (κ2) is 4.46. The Kier molecular flexibility index (Phi) is 4.30. The molecule has 2 atom stereocenters. The molecule has 0 saturated carbocycles. The summed E-state index contributed by atoms with van der Waals surface area (Å²) in [6.07, 6.45) is -0.616. The lowest BCUT2D eigenvalue weighted by Crippen LogP contribution is -2.46. The van der Waals surface area contributed by atoms with Crippen LogP contribution in [0.25, 0.3) is 0 Å². The van der Waals surface area contributed by atoms with E-state index in [1.807, 2.05) is 13.8 Å². The minimum absolute atomic E-state index is 0.0197. The van der Waals surface area contributed by atoms with Gasteiger partial charge < -0.3 is 10.4 Å². The van der Waals surface area contributed by atoms with Crippen molar-refractivity contribution in [1.82, 2.24) is 5.32 Å². The van der Waals surface area contributed by atoms with Gasteiger partial charge in [-0.05, 0) is 13.8 Å². The summed E-state index contributed by atoms with van der Waals surface area (Å²) in [5.74, 6) is -0.0197. The maximum absolute atomic E-state index is 10.9. The Morgan fingerprint density at radius 3 is 1.91 bits per heavy atom. The van der Waals surface area contributed by atoms with E-state index < -0.39 is 12.1 Å². The Bertz CT molecular complexity index is 132. The Morgan fingerprint density at radius 1 is 1.36 bits per heavy atom. The van der Waals surface area contributed by atoms with Crippen LogP contribution in [-0.2, 0) is 4.79 Å². The zero-order valence-electron chi connectivity index (χ0n) is 7.59. The number of hydrogen-bond acceptors (Lipinski definition) is 3. The number of carbonyl (C=O) groups excluding carboxylic acids is 1. The van der Waals surface area contributed by atoms with Gasteiger partial charge in [0.1, 0.15) is 5.78 Å². The molecule has 0 aliphatic rings. The van der Waals surface area contributed by atoms with E-state index in [1.165, 1.54) is 6.92 Å². The lowest BCUT2D eigenvalue weighted by molar-refractivity contribution is -0.121. The van der Waals surface area contributed by atoms with Gasteiger partial charge in [-0.25, -0.2) is 0 Å². The number of aliphatic hydroxyl groups excluding tert-OH is 1. The summed E-state index contributed by atoms with van der Waals surface area (Å²) < 4.78 is 0. The summed E-state index contributed by atoms with van der Waals surface area (Å²) >= 11 is 0. The summed E-state index contributed by atoms with van der Waals surface area (Å²) in [6, 6.07) is -0.200. The van der Waals surface area contributed by atoms with Gasteiger partial charge in [-0.15, -0.1) is 0 Å². The molecule has 0 fully saturated rings. The van der Waals surface area contributed by atoms with Crippen molar-refractivity contribution in [3.05, 3.63) is 0 Å². The topological polar surface area (TPSA) is 49.3 Å². The lowest BCUT2D eigenvalue weighted by atomic mass is 10.1. The van der Waals surface area contributed by atoms with Crippen molar-refractivity contribution >= 4 is 5.78 Å². The molecule has 3 heteroatoms. The Balaban J connectivity index is 4.01. The van der Waals surface area contributed by atoms with E-state index in [-0.39, 0.29) is 11.8 Å². The molecule has 0 radical (unpaired) electrons. The Labute approximate surface area is 67.8 Å². The first-order valence-corrected chi connectivity index (χ1v) is 3.89. The van der Waals surface area contributed by atoms with E-state index in [1.54, 1.807) is 6.92 Å². The standard InChI is InChI=1S/C8H17NO2/c1-5(2)9-8(6(3)10)7(4)11/h5-6,8-10H,1-4H3/t6-,8+/m1/s1. The van der Waals surface area contributed by atoms with E-state index in [0.29, 0.717) is 0 Å². The predicted octanol–water partition coefficient (Wildman–Crippen LogP) is 0.323. The van der Waals surface area contributed by atoms with Crippen molar-refractivity contribution in [2.75, 3.05) is 0 Å². The van der Waals surface area contributed by atoms with E-state index in [4.69, 9.17) is 5.11 Å². The summed E-state index contributed by atoms with van der Waals surface area (Å²) in [5, 5.41) is 12.1. The Hall–Kier alpha value is -0.410. The number of rotatable bonds is 4. The minimum Gasteiger partial charge on any atom is -0.391 e. The molecule has 66 valence electrons. The van der Waals surface area contributed by atoms with Gasteiger partial charge in [0.15, 0.2) is 0 Å². The molecule has 0 aromatic carbocycles. The van der Waals surface area contributed by atoms with Gasteiger partial charge in [-0.2, -0.15) is 0 Å². The molecule has 0 amide bonds. The molecule has 0 unspecified atom stereocenters. The van der Waals surface area contributed by atoms with Crippen molar-refractivity contribution in [1.29, 1.82) is 0 Å². The molecule has 0 spiro atoms. The van der Waals surface area contributed by atoms with E-state index in [0.717, 1.165) is 0 Å². The average molecular weight is 159 g/mol. The van der Waals surface area contributed by atoms with Crippen molar-refractivity contribution in [2.45, 2.75) is 45.9 Å². The van der Waals surface area contributed by atoms with Crippen molar-refractivity contribution in [3.8, 4) is 0 Å². The van der Waals surface area contributed by atoms with Crippen LogP contribution in [0, 0.1) is 0 Å². The molecule has 2 N–H and O–H groups in total. The molecule has 0 aromatic heterocycles. The molecule has 0 rings (SSSR count). The second-order valence-corrected chi connectivity index (χ2v) is 3.15. The highest BCUT2D eigenvalue weighted by atomic mass is 16.3. The fraction of sp³-hybridized carbons (Fsp3) is 0.875. The fourth-order valence-electron chi connectivity index (χ4n) is 0.955. The smallest absolute Gasteiger partial charge is 0.149 e. The van der Waals surface area contributed by atoms with Crippen molar-refractivity contribution in [2.24, 2.45) is 0 Å². The maximum Gasteiger partial charge on any atom is 0.149 e. The number of nitrogens with one attached hydrogen (secondary N) is 1. The highest BCUT2D eigenvalue weighted by Crippen LogP contribution is 1.95. The average Bonchev–Trinajstić information content (AvgIpc) is 1.81. The molecule has 11 heavy (non-hydrogen) atoms. The van der Waals surface area contributed by atoms with Crippen molar-refractivity contribution < 1.29 is 9.90 Å². The van der Waals surface area contributed by atoms with Gasteiger partial charge in [0.05, 0.1) is 12.1 Å². The van der Waals surface area contributed by atoms with Crippen LogP contribution in [0.2, 0.25) is 0 Å². The first-order chi connectivity index (χ1) is 4.95. The molecular formula is C8H17NO2. The van der Waals surface area contributed by atoms with Crippen molar-refractivity contribution in [3.63, 3.8) is 0 Å². The largest absolute Gasteiger partial charge is 0.391 e. The highest BCUT2D eigenvalue weighted by Gasteiger charge is 2.19. The van der Waals surface area contributed by atoms with Crippen LogP contribution in [0.1, 0.15) is 27.7 Å². The second-order valence-electron chi connectivity index (χ2n) is 3.15. The van der Waals surface area contributed by atoms with Gasteiger partial charge in [-0.3, -0.25) is 4.79 Å². The SMILES string of the molecule is CC(=O)[C@@H](NC(C)C)[C@@H](C)O. The third-order valence-electron chi connectivity index (χ3n) is 1.43. The van der Waals surface area contributed by atoms with Gasteiger partial charge in [0.25, 0.3) is 0 Å². The third-order valence-corrected chi connectivity index (χ3v) is 1.43. The van der Waals surface area contributed by atoms with E-state index in [9.17, 15) is 4.79 Å². The minimum atomic E-state index is -0.616. The molecule has 0 saturated heterocycles. The van der Waals surface area contributed by atoms with E-state index in [2.05, 4.69) is 5.32 Å². The first kappa shape index (κ1) is 10.6. The zero-order chi connectivity index (χ0) is 9.02. The monoisotopic (exact) mass is 159 g/mol. The zero-order valence-corrected chi connectivity index (χ0v) is 7.59. The highest BCUT2D eigenvalue weighted by molar-refractivity contribution is 5.82. The number of ketones is 1. The molecule has 0 aliphatic heterocycles. The summed E-state index contributed by atoms with van der Waals surface area (Å²) in [7, 11) is 0. The van der Waals surface area contributed by atoms with Gasteiger partial charge >= 0.3 is 0 Å². The fourth-order valence-corrected chi connectivity index (χ4v) is 0.955. The summed E-state index contributed by atoms with van der Waals surface area (Å²) in [4.78, 5) is 10.9. The van der Waals surface area contributed by atoms with Crippen LogP contribution in [0.5, 0.6) is 0 Å². The lowest BCUT2D eigenvalue weighted by Gasteiger charge is -2.20. The van der Waals surface area contributed by atoms with Crippen LogP contribution in [0.3, 0.4) is 0 Å². The quantitative estimate of drug-likeness (QED) is 0.621. The first-order valence-electron chi connectivity index (χ1n) is 3.89. The normalized spacial score (nSPS) is 16.5. The number of Topliss-reactive ketones (excluding diaryl/α,β-unsaturated/α-hetero) is 1. The van der Waals surface area contributed by atoms with Gasteiger partial charge in [0, 0.05) is 6.04 Å². The molecule has 0 aliphatic carbocycles. The molecule has 3 nitrogen and oxygen atoms in total.